The lowest BCUT2D eigenvalue weighted by molar-refractivity contribution is 0.0610. The first kappa shape index (κ1) is 24.1. The second kappa shape index (κ2) is 16.1. The van der Waals surface area contributed by atoms with Gasteiger partial charge < -0.3 is 31.5 Å². The number of primary amides is 1. The van der Waals surface area contributed by atoms with Crippen molar-refractivity contribution in [3.05, 3.63) is 0 Å². The van der Waals surface area contributed by atoms with E-state index in [1.807, 2.05) is 12.2 Å². The summed E-state index contributed by atoms with van der Waals surface area (Å²) in [5.74, 6) is 2.11. The SMILES string of the molecule is C#CCNC(=O)O.CCCCC(C)(CO)CO.NC(=O)O. The van der Waals surface area contributed by atoms with Crippen LogP contribution >= 0.6 is 0 Å². The highest BCUT2D eigenvalue weighted by atomic mass is 16.4. The maximum absolute atomic E-state index is 9.55. The van der Waals surface area contributed by atoms with Crippen LogP contribution in [0.5, 0.6) is 0 Å². The third-order valence-electron chi connectivity index (χ3n) is 2.24. The summed E-state index contributed by atoms with van der Waals surface area (Å²) in [6.45, 7) is 4.26. The summed E-state index contributed by atoms with van der Waals surface area (Å²) < 4.78 is 0. The molecule has 0 aliphatic rings. The van der Waals surface area contributed by atoms with E-state index < -0.39 is 12.2 Å². The Balaban J connectivity index is -0.000000256. The monoisotopic (exact) mass is 306 g/mol. The maximum Gasteiger partial charge on any atom is 0.405 e. The standard InChI is InChI=1S/C8H18O2.C4H5NO2.CH3NO2/c1-3-4-5-8(2,6-9)7-10;1-2-3-5-4(6)7;2-1(3)4/h9-10H,3-7H2,1-2H3;1,5H,3H2,(H,6,7);2H2,(H,3,4). The molecule has 0 unspecified atom stereocenters. The molecule has 0 saturated heterocycles. The van der Waals surface area contributed by atoms with Crippen LogP contribution in [0.4, 0.5) is 9.59 Å². The summed E-state index contributed by atoms with van der Waals surface area (Å²) in [4.78, 5) is 18.3. The lowest BCUT2D eigenvalue weighted by atomic mass is 9.87. The molecular weight excluding hydrogens is 280 g/mol. The molecule has 8 heteroatoms. The first-order chi connectivity index (χ1) is 9.68. The molecule has 0 heterocycles. The van der Waals surface area contributed by atoms with Crippen LogP contribution in [0.2, 0.25) is 0 Å². The van der Waals surface area contributed by atoms with Crippen molar-refractivity contribution in [2.75, 3.05) is 19.8 Å². The van der Waals surface area contributed by atoms with Crippen LogP contribution in [-0.4, -0.2) is 52.4 Å². The first-order valence-electron chi connectivity index (χ1n) is 6.29. The summed E-state index contributed by atoms with van der Waals surface area (Å²) >= 11 is 0. The molecule has 0 fully saturated rings. The Labute approximate surface area is 125 Å². The second-order valence-electron chi connectivity index (χ2n) is 4.43. The summed E-state index contributed by atoms with van der Waals surface area (Å²) in [6, 6.07) is 0. The molecule has 0 radical (unpaired) electrons. The predicted molar refractivity (Wildman–Crippen MR) is 78.9 cm³/mol. The highest BCUT2D eigenvalue weighted by Gasteiger charge is 2.20. The van der Waals surface area contributed by atoms with Crippen molar-refractivity contribution in [1.82, 2.24) is 5.32 Å². The number of carboxylic acid groups (broad SMARTS) is 2. The number of amides is 2. The van der Waals surface area contributed by atoms with E-state index in [-0.39, 0.29) is 25.2 Å². The largest absolute Gasteiger partial charge is 0.465 e. The average Bonchev–Trinajstić information content (AvgIpc) is 2.42. The van der Waals surface area contributed by atoms with Gasteiger partial charge >= 0.3 is 12.2 Å². The topological polar surface area (TPSA) is 153 Å². The fourth-order valence-electron chi connectivity index (χ4n) is 0.938. The van der Waals surface area contributed by atoms with Crippen LogP contribution in [-0.2, 0) is 0 Å². The Kier molecular flexibility index (Phi) is 18.4. The molecular formula is C13H26N2O6. The fraction of sp³-hybridized carbons (Fsp3) is 0.692. The van der Waals surface area contributed by atoms with Gasteiger partial charge in [-0.2, -0.15) is 0 Å². The molecule has 0 rings (SSSR count). The third-order valence-corrected chi connectivity index (χ3v) is 2.24. The summed E-state index contributed by atoms with van der Waals surface area (Å²) in [5, 5.41) is 34.7. The molecule has 2 amide bonds. The quantitative estimate of drug-likeness (QED) is 0.397. The van der Waals surface area contributed by atoms with E-state index in [9.17, 15) is 4.79 Å². The van der Waals surface area contributed by atoms with Crippen molar-refractivity contribution in [1.29, 1.82) is 0 Å². The van der Waals surface area contributed by atoms with Crippen LogP contribution in [0.15, 0.2) is 0 Å². The normalized spacial score (nSPS) is 9.10. The number of terminal acetylenes is 1. The number of nitrogens with one attached hydrogen (secondary N) is 1. The van der Waals surface area contributed by atoms with Gasteiger partial charge in [-0.05, 0) is 6.42 Å². The van der Waals surface area contributed by atoms with Gasteiger partial charge in [0.25, 0.3) is 0 Å². The molecule has 0 aromatic carbocycles. The first-order valence-corrected chi connectivity index (χ1v) is 6.29. The van der Waals surface area contributed by atoms with Gasteiger partial charge in [-0.15, -0.1) is 6.42 Å². The van der Waals surface area contributed by atoms with Gasteiger partial charge in [0.05, 0.1) is 19.8 Å². The summed E-state index contributed by atoms with van der Waals surface area (Å²) in [7, 11) is 0. The number of rotatable bonds is 6. The van der Waals surface area contributed by atoms with Gasteiger partial charge in [-0.25, -0.2) is 9.59 Å². The molecule has 21 heavy (non-hydrogen) atoms. The van der Waals surface area contributed by atoms with Gasteiger partial charge in [0.2, 0.25) is 0 Å². The minimum atomic E-state index is -1.33. The van der Waals surface area contributed by atoms with Crippen molar-refractivity contribution in [2.45, 2.75) is 33.1 Å². The molecule has 124 valence electrons. The number of nitrogens with two attached hydrogens (primary N) is 1. The number of hydrogen-bond acceptors (Lipinski definition) is 4. The Morgan fingerprint density at radius 1 is 1.29 bits per heavy atom. The Hall–Kier alpha value is -1.98. The number of carbonyl (C=O) groups is 2. The Morgan fingerprint density at radius 3 is 1.90 bits per heavy atom. The molecule has 7 N–H and O–H groups in total. The highest BCUT2D eigenvalue weighted by molar-refractivity contribution is 5.64. The molecule has 8 nitrogen and oxygen atoms in total. The van der Waals surface area contributed by atoms with E-state index in [1.54, 1.807) is 0 Å². The predicted octanol–water partition coefficient (Wildman–Crippen LogP) is 0.678. The van der Waals surface area contributed by atoms with Crippen molar-refractivity contribution in [2.24, 2.45) is 11.1 Å². The van der Waals surface area contributed by atoms with Crippen LogP contribution in [0.25, 0.3) is 0 Å². The zero-order valence-corrected chi connectivity index (χ0v) is 12.5. The lowest BCUT2D eigenvalue weighted by Gasteiger charge is -2.23. The van der Waals surface area contributed by atoms with Crippen molar-refractivity contribution in [3.8, 4) is 12.3 Å². The van der Waals surface area contributed by atoms with Crippen molar-refractivity contribution >= 4 is 12.2 Å². The lowest BCUT2D eigenvalue weighted by Crippen LogP contribution is -2.25. The fourth-order valence-corrected chi connectivity index (χ4v) is 0.938. The molecule has 0 bridgehead atoms. The number of hydrogen-bond donors (Lipinski definition) is 6. The van der Waals surface area contributed by atoms with Gasteiger partial charge in [-0.3, -0.25) is 0 Å². The molecule has 0 aromatic rings. The zero-order valence-electron chi connectivity index (χ0n) is 12.5. The van der Waals surface area contributed by atoms with Crippen molar-refractivity contribution in [3.63, 3.8) is 0 Å². The number of unbranched alkanes of at least 4 members (excludes halogenated alkanes) is 1. The highest BCUT2D eigenvalue weighted by Crippen LogP contribution is 2.21. The average molecular weight is 306 g/mol. The number of aliphatic hydroxyl groups excluding tert-OH is 2. The van der Waals surface area contributed by atoms with Crippen molar-refractivity contribution < 1.29 is 30.0 Å². The second-order valence-corrected chi connectivity index (χ2v) is 4.43. The minimum Gasteiger partial charge on any atom is -0.465 e. The number of aliphatic hydroxyl groups is 2. The molecule has 0 aromatic heterocycles. The van der Waals surface area contributed by atoms with E-state index in [1.165, 1.54) is 0 Å². The summed E-state index contributed by atoms with van der Waals surface area (Å²) in [6.07, 6.45) is 5.40. The van der Waals surface area contributed by atoms with Crippen LogP contribution in [0.3, 0.4) is 0 Å². The Bertz CT molecular complexity index is 306. The van der Waals surface area contributed by atoms with E-state index in [4.69, 9.17) is 31.6 Å². The molecule has 0 aliphatic carbocycles. The molecule has 0 saturated carbocycles. The van der Waals surface area contributed by atoms with Gasteiger partial charge in [0.1, 0.15) is 0 Å². The van der Waals surface area contributed by atoms with Crippen LogP contribution in [0, 0.1) is 17.8 Å². The summed E-state index contributed by atoms with van der Waals surface area (Å²) in [5.41, 5.74) is 3.77. The van der Waals surface area contributed by atoms with Gasteiger partial charge in [-0.1, -0.05) is 32.6 Å². The van der Waals surface area contributed by atoms with E-state index in [0.717, 1.165) is 19.3 Å². The molecule has 0 spiro atoms. The van der Waals surface area contributed by atoms with E-state index >= 15 is 0 Å². The molecule has 0 atom stereocenters. The van der Waals surface area contributed by atoms with E-state index in [2.05, 4.69) is 18.6 Å². The van der Waals surface area contributed by atoms with E-state index in [0.29, 0.717) is 0 Å². The van der Waals surface area contributed by atoms with Crippen LogP contribution < -0.4 is 11.1 Å². The zero-order chi connectivity index (χ0) is 17.3. The molecule has 0 aliphatic heterocycles. The Morgan fingerprint density at radius 2 is 1.71 bits per heavy atom. The minimum absolute atomic E-state index is 0.0787. The van der Waals surface area contributed by atoms with Gasteiger partial charge in [0.15, 0.2) is 0 Å². The maximum atomic E-state index is 9.55. The smallest absolute Gasteiger partial charge is 0.405 e. The van der Waals surface area contributed by atoms with Gasteiger partial charge in [0, 0.05) is 5.41 Å². The third kappa shape index (κ3) is 27.3. The van der Waals surface area contributed by atoms with Crippen LogP contribution in [0.1, 0.15) is 33.1 Å².